The Morgan fingerprint density at radius 1 is 1.17 bits per heavy atom. The van der Waals surface area contributed by atoms with Crippen molar-refractivity contribution in [3.63, 3.8) is 0 Å². The summed E-state index contributed by atoms with van der Waals surface area (Å²) in [6.07, 6.45) is 2.78. The first-order valence-electron chi connectivity index (χ1n) is 9.65. The summed E-state index contributed by atoms with van der Waals surface area (Å²) in [5.41, 5.74) is 3.55. The molecule has 152 valence electrons. The molecule has 0 saturated carbocycles. The normalized spacial score (nSPS) is 13.8. The highest BCUT2D eigenvalue weighted by molar-refractivity contribution is 5.97. The molecule has 0 bridgehead atoms. The van der Waals surface area contributed by atoms with Crippen LogP contribution in [-0.2, 0) is 20.7 Å². The molecule has 0 aliphatic carbocycles. The molecular formula is C23H25NO5. The summed E-state index contributed by atoms with van der Waals surface area (Å²) in [6, 6.07) is 11.3. The topological polar surface area (TPSA) is 73.9 Å². The van der Waals surface area contributed by atoms with E-state index in [2.05, 4.69) is 5.32 Å². The summed E-state index contributed by atoms with van der Waals surface area (Å²) in [6.45, 7) is 6.53. The van der Waals surface area contributed by atoms with Gasteiger partial charge in [-0.25, -0.2) is 4.79 Å². The van der Waals surface area contributed by atoms with E-state index in [9.17, 15) is 9.59 Å². The molecule has 0 aromatic heterocycles. The van der Waals surface area contributed by atoms with Crippen molar-refractivity contribution in [1.29, 1.82) is 0 Å². The van der Waals surface area contributed by atoms with Gasteiger partial charge in [-0.1, -0.05) is 31.2 Å². The molecule has 6 nitrogen and oxygen atoms in total. The fourth-order valence-corrected chi connectivity index (χ4v) is 3.02. The van der Waals surface area contributed by atoms with Gasteiger partial charge in [0.25, 0.3) is 5.91 Å². The van der Waals surface area contributed by atoms with Crippen LogP contribution in [0.5, 0.6) is 11.5 Å². The van der Waals surface area contributed by atoms with Crippen molar-refractivity contribution < 1.29 is 23.8 Å². The van der Waals surface area contributed by atoms with Crippen molar-refractivity contribution in [1.82, 2.24) is 0 Å². The predicted molar refractivity (Wildman–Crippen MR) is 111 cm³/mol. The Morgan fingerprint density at radius 2 is 1.93 bits per heavy atom. The summed E-state index contributed by atoms with van der Waals surface area (Å²) in [5.74, 6) is 0.367. The van der Waals surface area contributed by atoms with E-state index in [1.807, 2.05) is 38.1 Å². The number of aryl methyl sites for hydroxylation is 2. The molecule has 1 aliphatic rings. The van der Waals surface area contributed by atoms with Crippen molar-refractivity contribution in [3.8, 4) is 11.5 Å². The maximum Gasteiger partial charge on any atom is 0.331 e. The van der Waals surface area contributed by atoms with Crippen LogP contribution in [0.2, 0.25) is 0 Å². The van der Waals surface area contributed by atoms with E-state index in [1.54, 1.807) is 25.1 Å². The van der Waals surface area contributed by atoms with E-state index in [0.717, 1.165) is 28.8 Å². The molecule has 2 aromatic carbocycles. The first-order valence-corrected chi connectivity index (χ1v) is 9.65. The van der Waals surface area contributed by atoms with Crippen LogP contribution in [0, 0.1) is 6.92 Å². The molecule has 3 rings (SSSR count). The number of amides is 1. The number of para-hydroxylation sites is 1. The minimum atomic E-state index is -0.920. The van der Waals surface area contributed by atoms with Crippen LogP contribution in [-0.4, -0.2) is 31.2 Å². The fourth-order valence-electron chi connectivity index (χ4n) is 3.02. The highest BCUT2D eigenvalue weighted by Gasteiger charge is 2.18. The summed E-state index contributed by atoms with van der Waals surface area (Å²) in [4.78, 5) is 24.6. The molecule has 0 fully saturated rings. The number of ether oxygens (including phenoxy) is 3. The van der Waals surface area contributed by atoms with Gasteiger partial charge in [-0.15, -0.1) is 0 Å². The Bertz CT molecular complexity index is 935. The Kier molecular flexibility index (Phi) is 6.54. The molecule has 1 atom stereocenters. The molecule has 6 heteroatoms. The van der Waals surface area contributed by atoms with E-state index < -0.39 is 12.1 Å². The van der Waals surface area contributed by atoms with Gasteiger partial charge in [-0.05, 0) is 55.2 Å². The van der Waals surface area contributed by atoms with E-state index in [-0.39, 0.29) is 5.91 Å². The minimum absolute atomic E-state index is 0.366. The Balaban J connectivity index is 1.59. The number of hydrogen-bond donors (Lipinski definition) is 1. The zero-order valence-electron chi connectivity index (χ0n) is 16.9. The van der Waals surface area contributed by atoms with Gasteiger partial charge < -0.3 is 19.5 Å². The number of fused-ring (bicyclic) bond motifs is 1. The van der Waals surface area contributed by atoms with E-state index >= 15 is 0 Å². The van der Waals surface area contributed by atoms with Crippen LogP contribution in [0.4, 0.5) is 5.69 Å². The smallest absolute Gasteiger partial charge is 0.331 e. The fraction of sp³-hybridized carbons (Fsp3) is 0.304. The van der Waals surface area contributed by atoms with Gasteiger partial charge in [0.1, 0.15) is 13.2 Å². The highest BCUT2D eigenvalue weighted by Crippen LogP contribution is 2.31. The number of benzene rings is 2. The average molecular weight is 395 g/mol. The lowest BCUT2D eigenvalue weighted by atomic mass is 10.1. The predicted octanol–water partition coefficient (Wildman–Crippen LogP) is 3.91. The van der Waals surface area contributed by atoms with Crippen LogP contribution in [0.15, 0.2) is 42.5 Å². The van der Waals surface area contributed by atoms with Crippen LogP contribution in [0.3, 0.4) is 0 Å². The van der Waals surface area contributed by atoms with Crippen molar-refractivity contribution in [2.45, 2.75) is 33.3 Å². The lowest BCUT2D eigenvalue weighted by Crippen LogP contribution is -2.30. The lowest BCUT2D eigenvalue weighted by Gasteiger charge is -2.18. The number of nitrogens with one attached hydrogen (secondary N) is 1. The molecule has 1 amide bonds. The van der Waals surface area contributed by atoms with Gasteiger partial charge in [0, 0.05) is 11.8 Å². The molecule has 0 saturated heterocycles. The Labute approximate surface area is 170 Å². The van der Waals surface area contributed by atoms with Crippen LogP contribution < -0.4 is 14.8 Å². The zero-order chi connectivity index (χ0) is 20.8. The molecule has 1 N–H and O–H groups in total. The molecule has 1 heterocycles. The third kappa shape index (κ3) is 5.16. The van der Waals surface area contributed by atoms with E-state index in [0.29, 0.717) is 24.7 Å². The van der Waals surface area contributed by atoms with Gasteiger partial charge in [-0.2, -0.15) is 0 Å². The number of hydrogen-bond acceptors (Lipinski definition) is 5. The quantitative estimate of drug-likeness (QED) is 0.593. The Hall–Kier alpha value is -3.28. The summed E-state index contributed by atoms with van der Waals surface area (Å²) >= 11 is 0. The second-order valence-electron chi connectivity index (χ2n) is 6.77. The van der Waals surface area contributed by atoms with Crippen molar-refractivity contribution in [2.75, 3.05) is 18.5 Å². The maximum absolute atomic E-state index is 12.5. The molecule has 0 radical (unpaired) electrons. The molecule has 1 aliphatic heterocycles. The van der Waals surface area contributed by atoms with Gasteiger partial charge in [0.15, 0.2) is 17.6 Å². The maximum atomic E-state index is 12.5. The number of rotatable bonds is 6. The summed E-state index contributed by atoms with van der Waals surface area (Å²) in [5, 5.41) is 2.87. The van der Waals surface area contributed by atoms with Crippen LogP contribution in [0.1, 0.15) is 30.5 Å². The van der Waals surface area contributed by atoms with Crippen molar-refractivity contribution >= 4 is 23.6 Å². The first kappa shape index (κ1) is 20.5. The Morgan fingerprint density at radius 3 is 2.69 bits per heavy atom. The van der Waals surface area contributed by atoms with E-state index in [4.69, 9.17) is 14.2 Å². The highest BCUT2D eigenvalue weighted by atomic mass is 16.6. The lowest BCUT2D eigenvalue weighted by molar-refractivity contribution is -0.148. The third-order valence-corrected chi connectivity index (χ3v) is 4.63. The summed E-state index contributed by atoms with van der Waals surface area (Å²) < 4.78 is 16.2. The number of esters is 1. The van der Waals surface area contributed by atoms with Gasteiger partial charge >= 0.3 is 5.97 Å². The molecule has 0 unspecified atom stereocenters. The van der Waals surface area contributed by atoms with Gasteiger partial charge in [0.05, 0.1) is 0 Å². The first-order chi connectivity index (χ1) is 14.0. The molecule has 2 aromatic rings. The number of carbonyl (C=O) groups is 2. The zero-order valence-corrected chi connectivity index (χ0v) is 16.9. The average Bonchev–Trinajstić information content (AvgIpc) is 2.73. The van der Waals surface area contributed by atoms with Gasteiger partial charge in [0.2, 0.25) is 0 Å². The van der Waals surface area contributed by atoms with Crippen LogP contribution in [0.25, 0.3) is 6.08 Å². The minimum Gasteiger partial charge on any atom is -0.486 e. The second-order valence-corrected chi connectivity index (χ2v) is 6.77. The second kappa shape index (κ2) is 9.28. The monoisotopic (exact) mass is 395 g/mol. The van der Waals surface area contributed by atoms with E-state index in [1.165, 1.54) is 6.08 Å². The SMILES string of the molecule is CCc1cccc(C)c1NC(=O)[C@@H](C)OC(=O)/C=C/c1ccc2c(c1)OCCO2. The molecular weight excluding hydrogens is 370 g/mol. The third-order valence-electron chi connectivity index (χ3n) is 4.63. The molecule has 0 spiro atoms. The van der Waals surface area contributed by atoms with Gasteiger partial charge in [-0.3, -0.25) is 4.79 Å². The summed E-state index contributed by atoms with van der Waals surface area (Å²) in [7, 11) is 0. The standard InChI is InChI=1S/C23H25NO5/c1-4-18-7-5-6-15(2)22(18)24-23(26)16(3)29-21(25)11-9-17-8-10-19-20(14-17)28-13-12-27-19/h5-11,14,16H,4,12-13H2,1-3H3,(H,24,26)/b11-9+/t16-/m1/s1. The number of carbonyl (C=O) groups excluding carboxylic acids is 2. The van der Waals surface area contributed by atoms with Crippen LogP contribution >= 0.6 is 0 Å². The molecule has 29 heavy (non-hydrogen) atoms. The number of anilines is 1. The van der Waals surface area contributed by atoms with Crippen molar-refractivity contribution in [2.24, 2.45) is 0 Å². The van der Waals surface area contributed by atoms with Crippen molar-refractivity contribution in [3.05, 3.63) is 59.2 Å². The largest absolute Gasteiger partial charge is 0.486 e.